The summed E-state index contributed by atoms with van der Waals surface area (Å²) in [4.78, 5) is 15.1. The van der Waals surface area contributed by atoms with Crippen LogP contribution in [0.3, 0.4) is 0 Å². The van der Waals surface area contributed by atoms with E-state index in [1.165, 1.54) is 18.2 Å². The maximum Gasteiger partial charge on any atom is 0.417 e. The van der Waals surface area contributed by atoms with E-state index in [1.807, 2.05) is 30.5 Å². The molecule has 0 aliphatic rings. The van der Waals surface area contributed by atoms with E-state index in [0.717, 1.165) is 22.5 Å². The lowest BCUT2D eigenvalue weighted by molar-refractivity contribution is -0.137. The highest BCUT2D eigenvalue weighted by Crippen LogP contribution is 2.31. The summed E-state index contributed by atoms with van der Waals surface area (Å²) in [7, 11) is 0. The van der Waals surface area contributed by atoms with Crippen LogP contribution in [0, 0.1) is 0 Å². The van der Waals surface area contributed by atoms with Crippen molar-refractivity contribution in [3.63, 3.8) is 0 Å². The predicted molar refractivity (Wildman–Crippen MR) is 85.8 cm³/mol. The van der Waals surface area contributed by atoms with Gasteiger partial charge in [0.2, 0.25) is 0 Å². The van der Waals surface area contributed by atoms with Gasteiger partial charge in [0.05, 0.1) is 11.1 Å². The number of hydrogen-bond donors (Lipinski definition) is 2. The normalized spacial score (nSPS) is 11.6. The molecule has 0 atom stereocenters. The minimum atomic E-state index is -4.55. The quantitative estimate of drug-likeness (QED) is 0.740. The molecule has 2 N–H and O–H groups in total. The van der Waals surface area contributed by atoms with Crippen LogP contribution in [0.5, 0.6) is 0 Å². The Hall–Kier alpha value is -2.76. The smallest absolute Gasteiger partial charge is 0.361 e. The minimum Gasteiger partial charge on any atom is -0.361 e. The van der Waals surface area contributed by atoms with Crippen molar-refractivity contribution in [3.05, 3.63) is 71.4 Å². The number of aromatic amines is 1. The van der Waals surface area contributed by atoms with Gasteiger partial charge in [-0.2, -0.15) is 13.2 Å². The molecule has 3 nitrogen and oxygen atoms in total. The first-order valence-electron chi connectivity index (χ1n) is 7.45. The SMILES string of the molecule is O=C(NCCc1ccc2[nH]ccc2c1)c1ccccc1C(F)(F)F. The van der Waals surface area contributed by atoms with Crippen molar-refractivity contribution in [1.29, 1.82) is 0 Å². The van der Waals surface area contributed by atoms with E-state index in [1.54, 1.807) is 0 Å². The topological polar surface area (TPSA) is 44.9 Å². The van der Waals surface area contributed by atoms with Gasteiger partial charge in [-0.25, -0.2) is 0 Å². The molecule has 6 heteroatoms. The number of carbonyl (C=O) groups excluding carboxylic acids is 1. The second-order valence-electron chi connectivity index (χ2n) is 5.45. The highest BCUT2D eigenvalue weighted by Gasteiger charge is 2.34. The minimum absolute atomic E-state index is 0.265. The summed E-state index contributed by atoms with van der Waals surface area (Å²) in [6.07, 6.45) is -2.17. The van der Waals surface area contributed by atoms with Crippen molar-refractivity contribution in [3.8, 4) is 0 Å². The molecule has 0 fully saturated rings. The lowest BCUT2D eigenvalue weighted by atomic mass is 10.1. The molecule has 0 unspecified atom stereocenters. The average molecular weight is 332 g/mol. The summed E-state index contributed by atoms with van der Waals surface area (Å²) in [5.41, 5.74) is 0.746. The zero-order valence-corrected chi connectivity index (χ0v) is 12.7. The Labute approximate surface area is 136 Å². The van der Waals surface area contributed by atoms with Gasteiger partial charge in [0, 0.05) is 18.3 Å². The van der Waals surface area contributed by atoms with Gasteiger partial charge in [-0.05, 0) is 47.7 Å². The molecule has 1 amide bonds. The molecule has 0 saturated carbocycles. The Bertz CT molecular complexity index is 868. The lowest BCUT2D eigenvalue weighted by Crippen LogP contribution is -2.28. The van der Waals surface area contributed by atoms with E-state index in [0.29, 0.717) is 6.42 Å². The monoisotopic (exact) mass is 332 g/mol. The van der Waals surface area contributed by atoms with E-state index in [-0.39, 0.29) is 12.1 Å². The first kappa shape index (κ1) is 16.1. The molecule has 1 heterocycles. The van der Waals surface area contributed by atoms with Gasteiger partial charge in [-0.1, -0.05) is 18.2 Å². The first-order valence-corrected chi connectivity index (χ1v) is 7.45. The number of amides is 1. The Kier molecular flexibility index (Phi) is 4.29. The zero-order valence-electron chi connectivity index (χ0n) is 12.7. The fourth-order valence-corrected chi connectivity index (χ4v) is 2.60. The second-order valence-corrected chi connectivity index (χ2v) is 5.45. The standard InChI is InChI=1S/C18H15F3N2O/c19-18(20,21)15-4-2-1-3-14(15)17(24)23-9-7-12-5-6-16-13(11-12)8-10-22-16/h1-6,8,10-11,22H,7,9H2,(H,23,24). The number of carbonyl (C=O) groups is 1. The molecular formula is C18H15F3N2O. The second kappa shape index (κ2) is 6.39. The molecule has 0 aliphatic heterocycles. The van der Waals surface area contributed by atoms with Crippen molar-refractivity contribution in [2.24, 2.45) is 0 Å². The number of fused-ring (bicyclic) bond motifs is 1. The van der Waals surface area contributed by atoms with Crippen LogP contribution >= 0.6 is 0 Å². The zero-order chi connectivity index (χ0) is 17.2. The largest absolute Gasteiger partial charge is 0.417 e. The van der Waals surface area contributed by atoms with Crippen LogP contribution in [-0.4, -0.2) is 17.4 Å². The summed E-state index contributed by atoms with van der Waals surface area (Å²) < 4.78 is 38.8. The lowest BCUT2D eigenvalue weighted by Gasteiger charge is -2.12. The fourth-order valence-electron chi connectivity index (χ4n) is 2.60. The van der Waals surface area contributed by atoms with Crippen LogP contribution in [0.1, 0.15) is 21.5 Å². The summed E-state index contributed by atoms with van der Waals surface area (Å²) in [6.45, 7) is 0.265. The number of hydrogen-bond acceptors (Lipinski definition) is 1. The molecule has 3 aromatic rings. The highest BCUT2D eigenvalue weighted by atomic mass is 19.4. The number of alkyl halides is 3. The first-order chi connectivity index (χ1) is 11.4. The third kappa shape index (κ3) is 3.42. The number of benzene rings is 2. The molecule has 0 bridgehead atoms. The van der Waals surface area contributed by atoms with E-state index >= 15 is 0 Å². The van der Waals surface area contributed by atoms with Crippen molar-refractivity contribution in [2.75, 3.05) is 6.54 Å². The van der Waals surface area contributed by atoms with Crippen molar-refractivity contribution >= 4 is 16.8 Å². The van der Waals surface area contributed by atoms with Crippen molar-refractivity contribution < 1.29 is 18.0 Å². The molecule has 24 heavy (non-hydrogen) atoms. The van der Waals surface area contributed by atoms with Gasteiger partial charge in [-0.15, -0.1) is 0 Å². The highest BCUT2D eigenvalue weighted by molar-refractivity contribution is 5.95. The van der Waals surface area contributed by atoms with Gasteiger partial charge in [0.15, 0.2) is 0 Å². The van der Waals surface area contributed by atoms with Crippen LogP contribution in [0.4, 0.5) is 13.2 Å². The van der Waals surface area contributed by atoms with Crippen LogP contribution in [-0.2, 0) is 12.6 Å². The number of aromatic nitrogens is 1. The van der Waals surface area contributed by atoms with E-state index in [2.05, 4.69) is 10.3 Å². The summed E-state index contributed by atoms with van der Waals surface area (Å²) in [6, 6.07) is 12.6. The maximum absolute atomic E-state index is 12.9. The van der Waals surface area contributed by atoms with Gasteiger partial charge >= 0.3 is 6.18 Å². The van der Waals surface area contributed by atoms with E-state index in [9.17, 15) is 18.0 Å². The molecular weight excluding hydrogens is 317 g/mol. The average Bonchev–Trinajstić information content (AvgIpc) is 3.01. The summed E-state index contributed by atoms with van der Waals surface area (Å²) >= 11 is 0. The van der Waals surface area contributed by atoms with Crippen molar-refractivity contribution in [2.45, 2.75) is 12.6 Å². The molecule has 3 rings (SSSR count). The Balaban J connectivity index is 1.65. The summed E-state index contributed by atoms with van der Waals surface area (Å²) in [5, 5.41) is 3.61. The molecule has 1 aromatic heterocycles. The van der Waals surface area contributed by atoms with Crippen LogP contribution in [0.15, 0.2) is 54.7 Å². The molecule has 0 saturated heterocycles. The summed E-state index contributed by atoms with van der Waals surface area (Å²) in [5.74, 6) is -0.717. The predicted octanol–water partition coefficient (Wildman–Crippen LogP) is 4.16. The van der Waals surface area contributed by atoms with Gasteiger partial charge < -0.3 is 10.3 Å². The Morgan fingerprint density at radius 3 is 2.67 bits per heavy atom. The molecule has 0 spiro atoms. The third-order valence-corrected chi connectivity index (χ3v) is 3.79. The van der Waals surface area contributed by atoms with Crippen LogP contribution in [0.2, 0.25) is 0 Å². The van der Waals surface area contributed by atoms with Gasteiger partial charge in [-0.3, -0.25) is 4.79 Å². The number of halogens is 3. The van der Waals surface area contributed by atoms with Gasteiger partial charge in [0.25, 0.3) is 5.91 Å². The Morgan fingerprint density at radius 2 is 1.88 bits per heavy atom. The van der Waals surface area contributed by atoms with E-state index < -0.39 is 17.6 Å². The Morgan fingerprint density at radius 1 is 1.08 bits per heavy atom. The molecule has 0 radical (unpaired) electrons. The number of H-pyrrole nitrogens is 1. The fraction of sp³-hybridized carbons (Fsp3) is 0.167. The number of nitrogens with one attached hydrogen (secondary N) is 2. The molecule has 124 valence electrons. The number of rotatable bonds is 4. The molecule has 2 aromatic carbocycles. The van der Waals surface area contributed by atoms with Crippen molar-refractivity contribution in [1.82, 2.24) is 10.3 Å². The van der Waals surface area contributed by atoms with Crippen LogP contribution in [0.25, 0.3) is 10.9 Å². The van der Waals surface area contributed by atoms with Crippen LogP contribution < -0.4 is 5.32 Å². The molecule has 0 aliphatic carbocycles. The third-order valence-electron chi connectivity index (χ3n) is 3.79. The van der Waals surface area contributed by atoms with E-state index in [4.69, 9.17) is 0 Å². The van der Waals surface area contributed by atoms with Gasteiger partial charge in [0.1, 0.15) is 0 Å². The maximum atomic E-state index is 12.9.